The van der Waals surface area contributed by atoms with E-state index in [0.29, 0.717) is 0 Å². The Morgan fingerprint density at radius 3 is 2.70 bits per heavy atom. The van der Waals surface area contributed by atoms with Gasteiger partial charge in [0.05, 0.1) is 12.5 Å². The quantitative estimate of drug-likeness (QED) is 0.493. The third kappa shape index (κ3) is 1.03. The van der Waals surface area contributed by atoms with Crippen molar-refractivity contribution in [2.45, 2.75) is 6.42 Å². The first-order chi connectivity index (χ1) is 4.74. The van der Waals surface area contributed by atoms with E-state index in [-0.39, 0.29) is 12.0 Å². The van der Waals surface area contributed by atoms with Gasteiger partial charge in [-0.25, -0.2) is 0 Å². The number of hydrogen-bond donors (Lipinski definition) is 1. The number of amides is 2. The molecule has 10 heavy (non-hydrogen) atoms. The molecule has 1 rings (SSSR count). The number of hydrogen-bond acceptors (Lipinski definition) is 3. The second kappa shape index (κ2) is 2.31. The number of imide groups is 1. The van der Waals surface area contributed by atoms with Gasteiger partial charge < -0.3 is 0 Å². The van der Waals surface area contributed by atoms with Crippen LogP contribution in [0.2, 0.25) is 0 Å². The summed E-state index contributed by atoms with van der Waals surface area (Å²) in [5.74, 6) is -0.887. The normalized spacial score (nSPS) is 16.1. The Kier molecular flexibility index (Phi) is 1.50. The van der Waals surface area contributed by atoms with E-state index in [1.807, 2.05) is 5.32 Å². The molecule has 0 fully saturated rings. The summed E-state index contributed by atoms with van der Waals surface area (Å²) in [5.41, 5.74) is 0.243. The van der Waals surface area contributed by atoms with Crippen LogP contribution in [0.1, 0.15) is 6.42 Å². The Bertz CT molecular complexity index is 259. The average Bonchev–Trinajstić information content (AvgIpc) is 2.13. The van der Waals surface area contributed by atoms with E-state index in [0.717, 1.165) is 6.08 Å². The highest BCUT2D eigenvalue weighted by Crippen LogP contribution is 2.04. The molecule has 1 N–H and O–H groups in total. The number of rotatable bonds is 1. The molecule has 0 aromatic rings. The maximum Gasteiger partial charge on any atom is 0.255 e. The molecule has 1 aliphatic rings. The van der Waals surface area contributed by atoms with Gasteiger partial charge in [-0.15, -0.1) is 0 Å². The minimum absolute atomic E-state index is 0.00241. The Hall–Kier alpha value is -1.63. The summed E-state index contributed by atoms with van der Waals surface area (Å²) in [6.45, 7) is 0. The molecule has 0 radical (unpaired) electrons. The van der Waals surface area contributed by atoms with Crippen LogP contribution in [0, 0.1) is 11.3 Å². The van der Waals surface area contributed by atoms with Gasteiger partial charge in [0.2, 0.25) is 0 Å². The average molecular weight is 136 g/mol. The molecule has 0 saturated heterocycles. The van der Waals surface area contributed by atoms with Crippen molar-refractivity contribution in [2.24, 2.45) is 0 Å². The number of carbonyl (C=O) groups is 2. The van der Waals surface area contributed by atoms with E-state index < -0.39 is 11.8 Å². The fraction of sp³-hybridized carbons (Fsp3) is 0.167. The summed E-state index contributed by atoms with van der Waals surface area (Å²) >= 11 is 0. The van der Waals surface area contributed by atoms with Gasteiger partial charge in [0.1, 0.15) is 0 Å². The van der Waals surface area contributed by atoms with Crippen molar-refractivity contribution in [1.29, 1.82) is 5.26 Å². The van der Waals surface area contributed by atoms with Crippen LogP contribution in [0.4, 0.5) is 0 Å². The molecule has 1 aliphatic heterocycles. The van der Waals surface area contributed by atoms with Crippen molar-refractivity contribution in [3.63, 3.8) is 0 Å². The van der Waals surface area contributed by atoms with Crippen molar-refractivity contribution < 1.29 is 9.59 Å². The lowest BCUT2D eigenvalue weighted by Gasteiger charge is -1.87. The van der Waals surface area contributed by atoms with Crippen LogP contribution in [0.5, 0.6) is 0 Å². The first kappa shape index (κ1) is 6.49. The lowest BCUT2D eigenvalue weighted by Crippen LogP contribution is -2.21. The smallest absolute Gasteiger partial charge is 0.255 e. The second-order valence-electron chi connectivity index (χ2n) is 1.82. The zero-order valence-electron chi connectivity index (χ0n) is 5.05. The highest BCUT2D eigenvalue weighted by atomic mass is 16.2. The second-order valence-corrected chi connectivity index (χ2v) is 1.82. The van der Waals surface area contributed by atoms with Crippen LogP contribution in [0.3, 0.4) is 0 Å². The van der Waals surface area contributed by atoms with E-state index in [4.69, 9.17) is 5.26 Å². The van der Waals surface area contributed by atoms with E-state index in [1.165, 1.54) is 0 Å². The third-order valence-corrected chi connectivity index (χ3v) is 1.10. The highest BCUT2D eigenvalue weighted by Gasteiger charge is 2.19. The van der Waals surface area contributed by atoms with Crippen molar-refractivity contribution in [3.8, 4) is 6.07 Å². The minimum atomic E-state index is -0.452. The molecular formula is C6H4N2O2. The molecule has 2 amide bonds. The summed E-state index contributed by atoms with van der Waals surface area (Å²) in [5, 5.41) is 10.2. The highest BCUT2D eigenvalue weighted by molar-refractivity contribution is 6.16. The van der Waals surface area contributed by atoms with Gasteiger partial charge in [-0.2, -0.15) is 5.26 Å². The molecule has 4 nitrogen and oxygen atoms in total. The predicted molar refractivity (Wildman–Crippen MR) is 31.5 cm³/mol. The van der Waals surface area contributed by atoms with Gasteiger partial charge in [0.25, 0.3) is 11.8 Å². The number of carbonyl (C=O) groups excluding carboxylic acids is 2. The van der Waals surface area contributed by atoms with Crippen LogP contribution < -0.4 is 5.32 Å². The fourth-order valence-corrected chi connectivity index (χ4v) is 0.669. The number of nitriles is 1. The SMILES string of the molecule is N#CCC1=CC(=O)NC1=O. The van der Waals surface area contributed by atoms with E-state index in [1.54, 1.807) is 6.07 Å². The maximum atomic E-state index is 10.6. The molecule has 0 unspecified atom stereocenters. The monoisotopic (exact) mass is 136 g/mol. The Morgan fingerprint density at radius 1 is 1.60 bits per heavy atom. The molecular weight excluding hydrogens is 132 g/mol. The summed E-state index contributed by atoms with van der Waals surface area (Å²) < 4.78 is 0. The van der Waals surface area contributed by atoms with E-state index in [2.05, 4.69) is 0 Å². The summed E-state index contributed by atoms with van der Waals surface area (Å²) in [7, 11) is 0. The van der Waals surface area contributed by atoms with Gasteiger partial charge >= 0.3 is 0 Å². The van der Waals surface area contributed by atoms with Gasteiger partial charge in [0, 0.05) is 11.6 Å². The van der Waals surface area contributed by atoms with Crippen LogP contribution in [0.15, 0.2) is 11.6 Å². The maximum absolute atomic E-state index is 10.6. The molecule has 0 atom stereocenters. The summed E-state index contributed by atoms with van der Waals surface area (Å²) in [4.78, 5) is 21.0. The van der Waals surface area contributed by atoms with Crippen LogP contribution in [-0.4, -0.2) is 11.8 Å². The van der Waals surface area contributed by atoms with E-state index in [9.17, 15) is 9.59 Å². The van der Waals surface area contributed by atoms with Gasteiger partial charge in [0.15, 0.2) is 0 Å². The largest absolute Gasteiger partial charge is 0.289 e. The lowest BCUT2D eigenvalue weighted by atomic mass is 10.2. The molecule has 0 aliphatic carbocycles. The van der Waals surface area contributed by atoms with Crippen molar-refractivity contribution in [1.82, 2.24) is 5.32 Å². The lowest BCUT2D eigenvalue weighted by molar-refractivity contribution is -0.123. The summed E-state index contributed by atoms with van der Waals surface area (Å²) in [6.07, 6.45) is 1.14. The number of nitrogens with zero attached hydrogens (tertiary/aromatic N) is 1. The standard InChI is InChI=1S/C6H4N2O2/c7-2-1-4-3-5(9)8-6(4)10/h3H,1H2,(H,8,9,10). The third-order valence-electron chi connectivity index (χ3n) is 1.10. The molecule has 50 valence electrons. The van der Waals surface area contributed by atoms with Crippen LogP contribution >= 0.6 is 0 Å². The zero-order valence-corrected chi connectivity index (χ0v) is 5.05. The first-order valence-corrected chi connectivity index (χ1v) is 2.67. The first-order valence-electron chi connectivity index (χ1n) is 2.67. The van der Waals surface area contributed by atoms with Crippen molar-refractivity contribution >= 4 is 11.8 Å². The molecule has 0 saturated carbocycles. The minimum Gasteiger partial charge on any atom is -0.289 e. The summed E-state index contributed by atoms with van der Waals surface area (Å²) in [6, 6.07) is 1.78. The zero-order chi connectivity index (χ0) is 7.56. The molecule has 4 heteroatoms. The Balaban J connectivity index is 2.77. The van der Waals surface area contributed by atoms with Gasteiger partial charge in [-0.3, -0.25) is 14.9 Å². The van der Waals surface area contributed by atoms with Gasteiger partial charge in [-0.1, -0.05) is 0 Å². The van der Waals surface area contributed by atoms with Crippen LogP contribution in [0.25, 0.3) is 0 Å². The Labute approximate surface area is 57.1 Å². The molecule has 1 heterocycles. The van der Waals surface area contributed by atoms with Crippen molar-refractivity contribution in [3.05, 3.63) is 11.6 Å². The molecule has 0 bridgehead atoms. The predicted octanol–water partition coefficient (Wildman–Crippen LogP) is -0.517. The topological polar surface area (TPSA) is 70.0 Å². The fourth-order valence-electron chi connectivity index (χ4n) is 0.669. The number of nitrogens with one attached hydrogen (secondary N) is 1. The molecule has 0 aromatic heterocycles. The van der Waals surface area contributed by atoms with Crippen LogP contribution in [-0.2, 0) is 9.59 Å². The van der Waals surface area contributed by atoms with Crippen molar-refractivity contribution in [2.75, 3.05) is 0 Å². The van der Waals surface area contributed by atoms with E-state index >= 15 is 0 Å². The molecule has 0 aromatic carbocycles. The Morgan fingerprint density at radius 2 is 2.30 bits per heavy atom. The molecule has 0 spiro atoms. The van der Waals surface area contributed by atoms with Gasteiger partial charge in [-0.05, 0) is 0 Å².